The predicted octanol–water partition coefficient (Wildman–Crippen LogP) is 0.799. The Kier molecular flexibility index (Phi) is 6.03. The number of nitrogens with zero attached hydrogens (tertiary/aromatic N) is 1. The van der Waals surface area contributed by atoms with Gasteiger partial charge in [-0.15, -0.1) is 0 Å². The first-order chi connectivity index (χ1) is 16.6. The number of carbonyl (C=O) groups is 4. The van der Waals surface area contributed by atoms with Crippen LogP contribution in [0, 0.1) is 5.41 Å². The van der Waals surface area contributed by atoms with Gasteiger partial charge in [-0.25, -0.2) is 4.79 Å². The maximum atomic E-state index is 13.1. The van der Waals surface area contributed by atoms with Gasteiger partial charge < -0.3 is 30.9 Å². The second-order valence-corrected chi connectivity index (χ2v) is 8.27. The number of ether oxygens (including phenoxy) is 2. The maximum Gasteiger partial charge on any atom is 0.325 e. The minimum atomic E-state index is -1.43. The number of hydrogen-bond donors (Lipinski definition) is 5. The van der Waals surface area contributed by atoms with Crippen molar-refractivity contribution in [3.63, 3.8) is 0 Å². The van der Waals surface area contributed by atoms with Crippen LogP contribution >= 0.6 is 0 Å². The molecule has 2 atom stereocenters. The molecule has 4 rings (SSSR count). The van der Waals surface area contributed by atoms with Crippen LogP contribution in [0.3, 0.4) is 0 Å². The summed E-state index contributed by atoms with van der Waals surface area (Å²) in [5, 5.41) is 22.0. The highest BCUT2D eigenvalue weighted by Crippen LogP contribution is 2.35. The molecule has 0 radical (unpaired) electrons. The number of benzene rings is 2. The lowest BCUT2D eigenvalue weighted by Crippen LogP contribution is -2.44. The number of nitrogen functional groups attached to an aromatic ring is 1. The minimum Gasteiger partial charge on any atom is -0.481 e. The summed E-state index contributed by atoms with van der Waals surface area (Å²) in [4.78, 5) is 50.7. The van der Waals surface area contributed by atoms with E-state index in [0.717, 1.165) is 4.90 Å². The average Bonchev–Trinajstić information content (AvgIpc) is 3.36. The number of amidine groups is 1. The highest BCUT2D eigenvalue weighted by atomic mass is 16.7. The maximum absolute atomic E-state index is 13.1. The van der Waals surface area contributed by atoms with E-state index in [4.69, 9.17) is 20.6 Å². The van der Waals surface area contributed by atoms with Crippen LogP contribution in [0.1, 0.15) is 36.1 Å². The molecular formula is C23H23N5O7. The first-order valence-corrected chi connectivity index (χ1v) is 10.6. The van der Waals surface area contributed by atoms with Gasteiger partial charge in [0.1, 0.15) is 17.9 Å². The monoisotopic (exact) mass is 481 g/mol. The number of hydrogen-bond acceptors (Lipinski definition) is 7. The Bertz CT molecular complexity index is 1230. The van der Waals surface area contributed by atoms with Crippen molar-refractivity contribution in [3.8, 4) is 11.5 Å². The number of carboxylic acids is 1. The Labute approximate surface area is 199 Å². The molecule has 1 fully saturated rings. The highest BCUT2D eigenvalue weighted by Gasteiger charge is 2.49. The number of carboxylic acid groups (broad SMARTS) is 1. The molecule has 0 aliphatic carbocycles. The normalized spacial score (nSPS) is 19.3. The fourth-order valence-electron chi connectivity index (χ4n) is 3.96. The zero-order valence-electron chi connectivity index (χ0n) is 18.7. The molecule has 2 aromatic carbocycles. The molecule has 2 aliphatic heterocycles. The Morgan fingerprint density at radius 1 is 1.20 bits per heavy atom. The molecule has 6 N–H and O–H groups in total. The number of fused-ring (bicyclic) bond motifs is 1. The van der Waals surface area contributed by atoms with Gasteiger partial charge in [-0.05, 0) is 30.2 Å². The van der Waals surface area contributed by atoms with Gasteiger partial charge in [-0.2, -0.15) is 0 Å². The van der Waals surface area contributed by atoms with Crippen molar-refractivity contribution in [2.75, 3.05) is 13.3 Å². The smallest absolute Gasteiger partial charge is 0.325 e. The van der Waals surface area contributed by atoms with Gasteiger partial charge in [0.15, 0.2) is 11.5 Å². The number of urea groups is 1. The Balaban J connectivity index is 1.49. The molecule has 2 aliphatic rings. The van der Waals surface area contributed by atoms with Crippen LogP contribution in [0.15, 0.2) is 42.5 Å². The van der Waals surface area contributed by atoms with E-state index in [2.05, 4.69) is 10.6 Å². The van der Waals surface area contributed by atoms with Gasteiger partial charge >= 0.3 is 12.0 Å². The minimum absolute atomic E-state index is 0.0389. The van der Waals surface area contributed by atoms with Gasteiger partial charge in [0.05, 0.1) is 12.5 Å². The van der Waals surface area contributed by atoms with Crippen molar-refractivity contribution in [2.24, 2.45) is 5.73 Å². The Morgan fingerprint density at radius 2 is 1.89 bits per heavy atom. The number of nitrogens with two attached hydrogens (primary N) is 1. The molecule has 0 saturated carbocycles. The van der Waals surface area contributed by atoms with Crippen molar-refractivity contribution in [1.29, 1.82) is 5.41 Å². The van der Waals surface area contributed by atoms with E-state index >= 15 is 0 Å². The van der Waals surface area contributed by atoms with Crippen LogP contribution in [0.2, 0.25) is 0 Å². The summed E-state index contributed by atoms with van der Waals surface area (Å²) in [5.41, 5.74) is 5.41. The molecule has 0 bridgehead atoms. The third kappa shape index (κ3) is 4.58. The molecule has 0 spiro atoms. The van der Waals surface area contributed by atoms with Crippen LogP contribution in [0.4, 0.5) is 4.79 Å². The zero-order valence-corrected chi connectivity index (χ0v) is 18.7. The van der Waals surface area contributed by atoms with E-state index in [1.807, 2.05) is 0 Å². The summed E-state index contributed by atoms with van der Waals surface area (Å²) in [5.74, 6) is -1.72. The van der Waals surface area contributed by atoms with Crippen molar-refractivity contribution in [3.05, 3.63) is 59.2 Å². The molecule has 12 heteroatoms. The van der Waals surface area contributed by atoms with Crippen LogP contribution < -0.4 is 25.8 Å². The summed E-state index contributed by atoms with van der Waals surface area (Å²) in [7, 11) is 0. The molecule has 4 amide bonds. The summed E-state index contributed by atoms with van der Waals surface area (Å²) in [6.45, 7) is 0.942. The molecule has 2 aromatic rings. The fourth-order valence-corrected chi connectivity index (χ4v) is 3.96. The van der Waals surface area contributed by atoms with Crippen molar-refractivity contribution in [2.45, 2.75) is 24.9 Å². The van der Waals surface area contributed by atoms with Gasteiger partial charge in [0.2, 0.25) is 12.7 Å². The predicted molar refractivity (Wildman–Crippen MR) is 121 cm³/mol. The molecule has 12 nitrogen and oxygen atoms in total. The van der Waals surface area contributed by atoms with Crippen LogP contribution in [0.5, 0.6) is 11.5 Å². The number of rotatable bonds is 8. The molecular weight excluding hydrogens is 458 g/mol. The summed E-state index contributed by atoms with van der Waals surface area (Å²) in [6, 6.07) is 9.35. The summed E-state index contributed by atoms with van der Waals surface area (Å²) >= 11 is 0. The molecule has 0 aromatic heterocycles. The Hall–Kier alpha value is -4.61. The lowest BCUT2D eigenvalue weighted by Gasteiger charge is -2.23. The number of amides is 4. The largest absolute Gasteiger partial charge is 0.481 e. The van der Waals surface area contributed by atoms with Crippen molar-refractivity contribution < 1.29 is 33.8 Å². The lowest BCUT2D eigenvalue weighted by molar-refractivity contribution is -0.138. The third-order valence-corrected chi connectivity index (χ3v) is 5.86. The molecule has 35 heavy (non-hydrogen) atoms. The number of aliphatic carboxylic acids is 1. The molecule has 2 heterocycles. The Morgan fingerprint density at radius 3 is 2.54 bits per heavy atom. The first kappa shape index (κ1) is 23.5. The van der Waals surface area contributed by atoms with Crippen molar-refractivity contribution in [1.82, 2.24) is 15.5 Å². The first-order valence-electron chi connectivity index (χ1n) is 10.6. The van der Waals surface area contributed by atoms with E-state index in [1.54, 1.807) is 42.5 Å². The summed E-state index contributed by atoms with van der Waals surface area (Å²) < 4.78 is 10.6. The van der Waals surface area contributed by atoms with Crippen LogP contribution in [-0.2, 0) is 19.9 Å². The molecule has 182 valence electrons. The van der Waals surface area contributed by atoms with E-state index in [9.17, 15) is 24.3 Å². The van der Waals surface area contributed by atoms with Crippen molar-refractivity contribution >= 4 is 29.7 Å². The highest BCUT2D eigenvalue weighted by molar-refractivity contribution is 6.09. The van der Waals surface area contributed by atoms with Gasteiger partial charge in [0, 0.05) is 5.56 Å². The van der Waals surface area contributed by atoms with Gasteiger partial charge in [0.25, 0.3) is 5.91 Å². The summed E-state index contributed by atoms with van der Waals surface area (Å²) in [6.07, 6.45) is -0.425. The van der Waals surface area contributed by atoms with E-state index < -0.39 is 48.4 Å². The second-order valence-electron chi connectivity index (χ2n) is 8.27. The number of carbonyl (C=O) groups excluding carboxylic acids is 3. The van der Waals surface area contributed by atoms with E-state index in [-0.39, 0.29) is 12.6 Å². The second kappa shape index (κ2) is 8.97. The van der Waals surface area contributed by atoms with Crippen LogP contribution in [0.25, 0.3) is 0 Å². The standard InChI is InChI=1S/C23H23N5O7/c1-23(14-5-2-12(3-6-14)20(24)25)21(32)28(22(33)27-23)10-18(29)26-15(9-19(30)31)13-4-7-16-17(8-13)35-11-34-16/h2-8,15H,9-11H2,1H3,(H3,24,25)(H,26,29)(H,27,33)(H,30,31). The SMILES string of the molecule is CC1(c2ccc(C(=N)N)cc2)NC(=O)N(CC(=O)NC(CC(=O)O)c2ccc3c(c2)OCO3)C1=O. The zero-order chi connectivity index (χ0) is 25.3. The third-order valence-electron chi connectivity index (χ3n) is 5.86. The van der Waals surface area contributed by atoms with Gasteiger partial charge in [-0.1, -0.05) is 30.3 Å². The lowest BCUT2D eigenvalue weighted by atomic mass is 9.91. The van der Waals surface area contributed by atoms with E-state index in [1.165, 1.54) is 6.92 Å². The number of imide groups is 1. The number of nitrogens with one attached hydrogen (secondary N) is 3. The van der Waals surface area contributed by atoms with Gasteiger partial charge in [-0.3, -0.25) is 24.7 Å². The van der Waals surface area contributed by atoms with E-state index in [0.29, 0.717) is 28.2 Å². The average molecular weight is 481 g/mol. The quantitative estimate of drug-likeness (QED) is 0.208. The molecule has 1 saturated heterocycles. The van der Waals surface area contributed by atoms with Crippen LogP contribution in [-0.4, -0.2) is 53.0 Å². The molecule has 2 unspecified atom stereocenters. The fraction of sp³-hybridized carbons (Fsp3) is 0.261. The topological polar surface area (TPSA) is 184 Å².